The van der Waals surface area contributed by atoms with Crippen LogP contribution in [0.1, 0.15) is 29.1 Å². The number of anilines is 1. The molecule has 2 aromatic heterocycles. The fourth-order valence-electron chi connectivity index (χ4n) is 6.08. The van der Waals surface area contributed by atoms with E-state index in [4.69, 9.17) is 26.3 Å². The van der Waals surface area contributed by atoms with Gasteiger partial charge in [-0.25, -0.2) is 14.8 Å². The van der Waals surface area contributed by atoms with Gasteiger partial charge in [-0.1, -0.05) is 23.7 Å². The number of likely N-dealkylation sites (tertiary alicyclic amines) is 1. The summed E-state index contributed by atoms with van der Waals surface area (Å²) in [4.78, 5) is 40.6. The number of ether oxygens (including phenoxy) is 1. The topological polar surface area (TPSA) is 113 Å². The zero-order chi connectivity index (χ0) is 29.0. The van der Waals surface area contributed by atoms with Gasteiger partial charge in [0.2, 0.25) is 0 Å². The minimum atomic E-state index is -0.251. The number of aliphatic hydroxyl groups excluding tert-OH is 1. The smallest absolute Gasteiger partial charge is 0.410 e. The number of fused-ring (bicyclic) bond motifs is 2. The highest BCUT2D eigenvalue weighted by atomic mass is 35.5. The number of aryl methyl sites for hydroxylation is 1. The van der Waals surface area contributed by atoms with Gasteiger partial charge in [0.15, 0.2) is 0 Å². The standard InChI is InChI=1S/C30H31ClN6O4S/c1-17-33-27-9-24(28-32-11-23(42-28)15-35-13-22(38)14-35)26(34-20-6-7-36-21(8-20)16-41-30(36)40)10-25(27)29(39)37(17)12-18-2-4-19(31)5-3-18/h2-5,9-11,20-22,34,38H,6-8,12-16H2,1H3/t20-,21-/m0/s1. The molecule has 1 amide bonds. The van der Waals surface area contributed by atoms with Crippen molar-refractivity contribution in [3.8, 4) is 10.6 Å². The van der Waals surface area contributed by atoms with Crippen molar-refractivity contribution in [3.63, 3.8) is 0 Å². The Balaban J connectivity index is 1.25. The first-order valence-electron chi connectivity index (χ1n) is 14.2. The van der Waals surface area contributed by atoms with Crippen LogP contribution in [0, 0.1) is 6.92 Å². The summed E-state index contributed by atoms with van der Waals surface area (Å²) in [6.07, 6.45) is 2.94. The van der Waals surface area contributed by atoms with Gasteiger partial charge in [0.1, 0.15) is 17.4 Å². The number of amides is 1. The number of aromatic nitrogens is 3. The van der Waals surface area contributed by atoms with Crippen LogP contribution in [0.4, 0.5) is 10.5 Å². The van der Waals surface area contributed by atoms with Crippen LogP contribution in [0.3, 0.4) is 0 Å². The molecule has 3 aliphatic heterocycles. The Hall–Kier alpha value is -3.51. The fourth-order valence-corrected chi connectivity index (χ4v) is 7.19. The Kier molecular flexibility index (Phi) is 7.13. The molecule has 10 nitrogen and oxygen atoms in total. The summed E-state index contributed by atoms with van der Waals surface area (Å²) in [6, 6.07) is 11.5. The normalized spacial score (nSPS) is 20.9. The number of aliphatic hydroxyl groups is 1. The summed E-state index contributed by atoms with van der Waals surface area (Å²) in [7, 11) is 0. The van der Waals surface area contributed by atoms with Crippen LogP contribution in [0.25, 0.3) is 21.5 Å². The summed E-state index contributed by atoms with van der Waals surface area (Å²) < 4.78 is 6.96. The number of hydrogen-bond acceptors (Lipinski definition) is 9. The van der Waals surface area contributed by atoms with E-state index in [1.165, 1.54) is 0 Å². The van der Waals surface area contributed by atoms with Crippen LogP contribution in [0.15, 0.2) is 47.4 Å². The molecule has 0 spiro atoms. The molecule has 0 aliphatic carbocycles. The zero-order valence-electron chi connectivity index (χ0n) is 23.1. The van der Waals surface area contributed by atoms with E-state index in [0.717, 1.165) is 46.1 Å². The van der Waals surface area contributed by atoms with Gasteiger partial charge in [0, 0.05) is 59.6 Å². The Labute approximate surface area is 251 Å². The number of carbonyl (C=O) groups is 1. The molecule has 3 aliphatic rings. The van der Waals surface area contributed by atoms with Gasteiger partial charge >= 0.3 is 6.09 Å². The van der Waals surface area contributed by atoms with Crippen molar-refractivity contribution in [2.75, 3.05) is 31.6 Å². The van der Waals surface area contributed by atoms with Crippen molar-refractivity contribution in [1.29, 1.82) is 0 Å². The number of halogens is 1. The van der Waals surface area contributed by atoms with Gasteiger partial charge in [-0.05, 0) is 49.6 Å². The van der Waals surface area contributed by atoms with Crippen LogP contribution in [0.5, 0.6) is 0 Å². The van der Waals surface area contributed by atoms with E-state index in [1.54, 1.807) is 20.8 Å². The summed E-state index contributed by atoms with van der Waals surface area (Å²) in [5, 5.41) is 15.4. The SMILES string of the molecule is Cc1nc2cc(-c3ncc(CN4CC(O)C4)s3)c(N[C@H]3CCN4C(=O)OC[C@@H]4C3)cc2c(=O)n1Cc1ccc(Cl)cc1. The van der Waals surface area contributed by atoms with Crippen molar-refractivity contribution < 1.29 is 14.6 Å². The van der Waals surface area contributed by atoms with Crippen molar-refractivity contribution in [2.45, 2.75) is 51.0 Å². The number of carbonyl (C=O) groups excluding carboxylic acids is 1. The molecule has 4 aromatic rings. The Morgan fingerprint density at radius 3 is 2.76 bits per heavy atom. The first kappa shape index (κ1) is 27.3. The summed E-state index contributed by atoms with van der Waals surface area (Å²) in [6.45, 7) is 5.37. The third-order valence-corrected chi connectivity index (χ3v) is 9.62. The lowest BCUT2D eigenvalue weighted by atomic mass is 9.97. The third-order valence-electron chi connectivity index (χ3n) is 8.35. The molecule has 2 atom stereocenters. The summed E-state index contributed by atoms with van der Waals surface area (Å²) in [5.74, 6) is 0.628. The van der Waals surface area contributed by atoms with Gasteiger partial charge in [-0.3, -0.25) is 14.3 Å². The molecule has 5 heterocycles. The number of nitrogens with zero attached hydrogens (tertiary/aromatic N) is 5. The number of piperidine rings is 1. The van der Waals surface area contributed by atoms with Crippen LogP contribution in [-0.2, 0) is 17.8 Å². The Bertz CT molecular complexity index is 1720. The van der Waals surface area contributed by atoms with Gasteiger partial charge in [-0.15, -0.1) is 11.3 Å². The van der Waals surface area contributed by atoms with Crippen molar-refractivity contribution in [2.24, 2.45) is 0 Å². The minimum absolute atomic E-state index is 0.0481. The molecule has 218 valence electrons. The molecular weight excluding hydrogens is 576 g/mol. The highest BCUT2D eigenvalue weighted by molar-refractivity contribution is 7.15. The molecule has 2 N–H and O–H groups in total. The van der Waals surface area contributed by atoms with Crippen LogP contribution < -0.4 is 10.9 Å². The number of rotatable bonds is 7. The number of benzene rings is 2. The van der Waals surface area contributed by atoms with Crippen molar-refractivity contribution in [1.82, 2.24) is 24.3 Å². The number of hydrogen-bond donors (Lipinski definition) is 2. The second-order valence-electron chi connectivity index (χ2n) is 11.4. The van der Waals surface area contributed by atoms with Gasteiger partial charge in [0.25, 0.3) is 5.56 Å². The second kappa shape index (κ2) is 11.0. The third kappa shape index (κ3) is 5.26. The molecule has 12 heteroatoms. The van der Waals surface area contributed by atoms with Crippen LogP contribution >= 0.6 is 22.9 Å². The quantitative estimate of drug-likeness (QED) is 0.323. The highest BCUT2D eigenvalue weighted by Crippen LogP contribution is 2.36. The zero-order valence-corrected chi connectivity index (χ0v) is 24.7. The molecule has 0 saturated carbocycles. The lowest BCUT2D eigenvalue weighted by molar-refractivity contribution is -0.00232. The predicted octanol–water partition coefficient (Wildman–Crippen LogP) is 4.10. The maximum Gasteiger partial charge on any atom is 0.410 e. The minimum Gasteiger partial charge on any atom is -0.447 e. The highest BCUT2D eigenvalue weighted by Gasteiger charge is 2.38. The molecule has 2 aromatic carbocycles. The first-order valence-corrected chi connectivity index (χ1v) is 15.4. The van der Waals surface area contributed by atoms with E-state index in [9.17, 15) is 14.7 Å². The Morgan fingerprint density at radius 2 is 1.98 bits per heavy atom. The van der Waals surface area contributed by atoms with Gasteiger partial charge < -0.3 is 20.1 Å². The number of β-amino-alcohol motifs (C(OH)–C–C–N with tert-alkyl or cyclic N) is 1. The van der Waals surface area contributed by atoms with E-state index in [0.29, 0.717) is 54.5 Å². The average Bonchev–Trinajstić information content (AvgIpc) is 3.57. The van der Waals surface area contributed by atoms with Crippen LogP contribution in [-0.4, -0.2) is 80.0 Å². The van der Waals surface area contributed by atoms with E-state index in [-0.39, 0.29) is 29.8 Å². The molecule has 42 heavy (non-hydrogen) atoms. The lowest BCUT2D eigenvalue weighted by Gasteiger charge is -2.35. The number of cyclic esters (lactones) is 1. The van der Waals surface area contributed by atoms with Crippen molar-refractivity contribution in [3.05, 3.63) is 74.2 Å². The molecule has 0 unspecified atom stereocenters. The van der Waals surface area contributed by atoms with Gasteiger partial charge in [-0.2, -0.15) is 0 Å². The molecule has 0 radical (unpaired) electrons. The van der Waals surface area contributed by atoms with E-state index >= 15 is 0 Å². The molecule has 3 fully saturated rings. The first-order chi connectivity index (χ1) is 20.3. The monoisotopic (exact) mass is 606 g/mol. The van der Waals surface area contributed by atoms with E-state index < -0.39 is 0 Å². The summed E-state index contributed by atoms with van der Waals surface area (Å²) in [5.41, 5.74) is 3.20. The maximum atomic E-state index is 13.9. The fraction of sp³-hybridized carbons (Fsp3) is 0.400. The average molecular weight is 607 g/mol. The van der Waals surface area contributed by atoms with Crippen molar-refractivity contribution >= 4 is 45.6 Å². The van der Waals surface area contributed by atoms with E-state index in [2.05, 4.69) is 10.2 Å². The maximum absolute atomic E-state index is 13.9. The molecule has 7 rings (SSSR count). The van der Waals surface area contributed by atoms with E-state index in [1.807, 2.05) is 49.5 Å². The number of thiazole rings is 1. The second-order valence-corrected chi connectivity index (χ2v) is 12.9. The summed E-state index contributed by atoms with van der Waals surface area (Å²) >= 11 is 7.68. The Morgan fingerprint density at radius 1 is 1.17 bits per heavy atom. The predicted molar refractivity (Wildman–Crippen MR) is 162 cm³/mol. The molecule has 0 bridgehead atoms. The largest absolute Gasteiger partial charge is 0.447 e. The lowest BCUT2D eigenvalue weighted by Crippen LogP contribution is -2.49. The number of nitrogens with one attached hydrogen (secondary N) is 1. The molecular formula is C30H31ClN6O4S. The van der Waals surface area contributed by atoms with Gasteiger partial charge in [0.05, 0.1) is 29.6 Å². The molecule has 3 saturated heterocycles. The van der Waals surface area contributed by atoms with Crippen LogP contribution in [0.2, 0.25) is 5.02 Å².